The van der Waals surface area contributed by atoms with E-state index in [4.69, 9.17) is 0 Å². The fourth-order valence-electron chi connectivity index (χ4n) is 0.888. The van der Waals surface area contributed by atoms with Gasteiger partial charge in [-0.3, -0.25) is 0 Å². The van der Waals surface area contributed by atoms with Gasteiger partial charge in [0.25, 0.3) is 0 Å². The van der Waals surface area contributed by atoms with Crippen LogP contribution in [0.2, 0.25) is 0 Å². The average molecular weight is 150 g/mol. The highest BCUT2D eigenvalue weighted by Gasteiger charge is 2.04. The summed E-state index contributed by atoms with van der Waals surface area (Å²) in [6.45, 7) is 6.29. The van der Waals surface area contributed by atoms with E-state index in [-0.39, 0.29) is 0 Å². The Morgan fingerprint density at radius 1 is 1.55 bits per heavy atom. The van der Waals surface area contributed by atoms with Crippen molar-refractivity contribution < 1.29 is 0 Å². The summed E-state index contributed by atoms with van der Waals surface area (Å²) in [4.78, 5) is 8.53. The maximum atomic E-state index is 4.33. The summed E-state index contributed by atoms with van der Waals surface area (Å²) in [5, 5.41) is 0. The number of rotatable bonds is 2. The molecule has 0 amide bonds. The SMILES string of the molecule is CCC(C)c1nccc(C)n1. The average Bonchev–Trinajstić information content (AvgIpc) is 2.03. The summed E-state index contributed by atoms with van der Waals surface area (Å²) in [7, 11) is 0. The maximum Gasteiger partial charge on any atom is 0.131 e. The fourth-order valence-corrected chi connectivity index (χ4v) is 0.888. The van der Waals surface area contributed by atoms with Gasteiger partial charge < -0.3 is 0 Å². The monoisotopic (exact) mass is 150 g/mol. The summed E-state index contributed by atoms with van der Waals surface area (Å²) >= 11 is 0. The molecule has 0 bridgehead atoms. The largest absolute Gasteiger partial charge is 0.241 e. The molecule has 2 nitrogen and oxygen atoms in total. The quantitative estimate of drug-likeness (QED) is 0.646. The van der Waals surface area contributed by atoms with E-state index in [9.17, 15) is 0 Å². The number of hydrogen-bond donors (Lipinski definition) is 0. The summed E-state index contributed by atoms with van der Waals surface area (Å²) in [5.41, 5.74) is 1.05. The highest BCUT2D eigenvalue weighted by atomic mass is 14.9. The summed E-state index contributed by atoms with van der Waals surface area (Å²) in [6.07, 6.45) is 2.92. The number of nitrogens with zero attached hydrogens (tertiary/aromatic N) is 2. The van der Waals surface area contributed by atoms with Crippen LogP contribution in [0.15, 0.2) is 12.3 Å². The van der Waals surface area contributed by atoms with Gasteiger partial charge in [-0.15, -0.1) is 0 Å². The molecule has 0 saturated heterocycles. The Labute approximate surface area is 67.7 Å². The third-order valence-electron chi connectivity index (χ3n) is 1.87. The molecule has 1 heterocycles. The predicted molar refractivity (Wildman–Crippen MR) is 45.5 cm³/mol. The second kappa shape index (κ2) is 3.46. The van der Waals surface area contributed by atoms with E-state index >= 15 is 0 Å². The molecular weight excluding hydrogens is 136 g/mol. The maximum absolute atomic E-state index is 4.33. The van der Waals surface area contributed by atoms with Crippen LogP contribution in [0.4, 0.5) is 0 Å². The van der Waals surface area contributed by atoms with Crippen LogP contribution in [0, 0.1) is 6.92 Å². The van der Waals surface area contributed by atoms with E-state index in [1.807, 2.05) is 19.2 Å². The lowest BCUT2D eigenvalue weighted by Crippen LogP contribution is -1.99. The van der Waals surface area contributed by atoms with Crippen LogP contribution >= 0.6 is 0 Å². The lowest BCUT2D eigenvalue weighted by atomic mass is 10.1. The normalized spacial score (nSPS) is 13.0. The first-order chi connectivity index (χ1) is 5.24. The molecule has 1 aromatic rings. The Hall–Kier alpha value is -0.920. The zero-order valence-electron chi connectivity index (χ0n) is 7.33. The highest BCUT2D eigenvalue weighted by Crippen LogP contribution is 2.12. The Morgan fingerprint density at radius 2 is 2.27 bits per heavy atom. The predicted octanol–water partition coefficient (Wildman–Crippen LogP) is 2.30. The molecule has 0 saturated carbocycles. The minimum atomic E-state index is 0.481. The van der Waals surface area contributed by atoms with Crippen LogP contribution in [0.5, 0.6) is 0 Å². The summed E-state index contributed by atoms with van der Waals surface area (Å²) < 4.78 is 0. The van der Waals surface area contributed by atoms with Crippen LogP contribution in [-0.4, -0.2) is 9.97 Å². The first-order valence-electron chi connectivity index (χ1n) is 4.03. The lowest BCUT2D eigenvalue weighted by Gasteiger charge is -2.05. The van der Waals surface area contributed by atoms with Gasteiger partial charge in [-0.25, -0.2) is 9.97 Å². The van der Waals surface area contributed by atoms with Gasteiger partial charge in [0, 0.05) is 17.8 Å². The van der Waals surface area contributed by atoms with Crippen LogP contribution in [0.3, 0.4) is 0 Å². The van der Waals surface area contributed by atoms with Crippen molar-refractivity contribution in [3.63, 3.8) is 0 Å². The standard InChI is InChI=1S/C9H14N2/c1-4-7(2)9-10-6-5-8(3)11-9/h5-7H,4H2,1-3H3. The molecule has 60 valence electrons. The van der Waals surface area contributed by atoms with Gasteiger partial charge in [0.2, 0.25) is 0 Å². The Bertz CT molecular complexity index is 233. The van der Waals surface area contributed by atoms with Gasteiger partial charge in [0.1, 0.15) is 5.82 Å². The molecule has 0 aliphatic carbocycles. The van der Waals surface area contributed by atoms with Crippen molar-refractivity contribution in [3.8, 4) is 0 Å². The van der Waals surface area contributed by atoms with Gasteiger partial charge in [-0.1, -0.05) is 13.8 Å². The molecule has 1 rings (SSSR count). The minimum absolute atomic E-state index is 0.481. The van der Waals surface area contributed by atoms with Crippen molar-refractivity contribution in [3.05, 3.63) is 23.8 Å². The van der Waals surface area contributed by atoms with E-state index in [1.165, 1.54) is 0 Å². The molecule has 0 aliphatic heterocycles. The molecule has 2 heteroatoms. The second-order valence-corrected chi connectivity index (χ2v) is 2.87. The zero-order chi connectivity index (χ0) is 8.27. The Balaban J connectivity index is 2.86. The van der Waals surface area contributed by atoms with Crippen LogP contribution in [0.1, 0.15) is 37.7 Å². The van der Waals surface area contributed by atoms with E-state index in [1.54, 1.807) is 0 Å². The number of aryl methyl sites for hydroxylation is 1. The van der Waals surface area contributed by atoms with E-state index in [0.29, 0.717) is 5.92 Å². The summed E-state index contributed by atoms with van der Waals surface area (Å²) in [6, 6.07) is 1.92. The van der Waals surface area contributed by atoms with Gasteiger partial charge in [0.15, 0.2) is 0 Å². The van der Waals surface area contributed by atoms with Gasteiger partial charge in [-0.2, -0.15) is 0 Å². The van der Waals surface area contributed by atoms with Crippen molar-refractivity contribution in [1.29, 1.82) is 0 Å². The first-order valence-corrected chi connectivity index (χ1v) is 4.03. The minimum Gasteiger partial charge on any atom is -0.241 e. The molecular formula is C9H14N2. The summed E-state index contributed by atoms with van der Waals surface area (Å²) in [5.74, 6) is 1.45. The van der Waals surface area contributed by atoms with Gasteiger partial charge in [0.05, 0.1) is 0 Å². The Kier molecular flexibility index (Phi) is 2.58. The van der Waals surface area contributed by atoms with Gasteiger partial charge >= 0.3 is 0 Å². The van der Waals surface area contributed by atoms with Crippen LogP contribution in [-0.2, 0) is 0 Å². The molecule has 0 N–H and O–H groups in total. The number of aromatic nitrogens is 2. The van der Waals surface area contributed by atoms with Crippen molar-refractivity contribution in [1.82, 2.24) is 9.97 Å². The zero-order valence-corrected chi connectivity index (χ0v) is 7.33. The smallest absolute Gasteiger partial charge is 0.131 e. The molecule has 11 heavy (non-hydrogen) atoms. The highest BCUT2D eigenvalue weighted by molar-refractivity contribution is 5.02. The van der Waals surface area contributed by atoms with Crippen LogP contribution in [0.25, 0.3) is 0 Å². The molecule has 0 spiro atoms. The van der Waals surface area contributed by atoms with Crippen molar-refractivity contribution >= 4 is 0 Å². The lowest BCUT2D eigenvalue weighted by molar-refractivity contribution is 0.674. The van der Waals surface area contributed by atoms with Gasteiger partial charge in [-0.05, 0) is 19.4 Å². The van der Waals surface area contributed by atoms with Crippen molar-refractivity contribution in [2.45, 2.75) is 33.1 Å². The van der Waals surface area contributed by atoms with E-state index in [2.05, 4.69) is 23.8 Å². The number of hydrogen-bond acceptors (Lipinski definition) is 2. The molecule has 0 aliphatic rings. The molecule has 1 atom stereocenters. The molecule has 0 fully saturated rings. The van der Waals surface area contributed by atoms with Crippen molar-refractivity contribution in [2.24, 2.45) is 0 Å². The Morgan fingerprint density at radius 3 is 2.82 bits per heavy atom. The molecule has 0 radical (unpaired) electrons. The molecule has 1 aromatic heterocycles. The fraction of sp³-hybridized carbons (Fsp3) is 0.556. The third kappa shape index (κ3) is 2.00. The van der Waals surface area contributed by atoms with E-state index in [0.717, 1.165) is 17.9 Å². The van der Waals surface area contributed by atoms with Crippen LogP contribution < -0.4 is 0 Å². The topological polar surface area (TPSA) is 25.8 Å². The molecule has 1 unspecified atom stereocenters. The molecule has 0 aromatic carbocycles. The first kappa shape index (κ1) is 8.18. The third-order valence-corrected chi connectivity index (χ3v) is 1.87. The second-order valence-electron chi connectivity index (χ2n) is 2.87. The van der Waals surface area contributed by atoms with Crippen molar-refractivity contribution in [2.75, 3.05) is 0 Å². The van der Waals surface area contributed by atoms with E-state index < -0.39 is 0 Å².